The lowest BCUT2D eigenvalue weighted by atomic mass is 9.44. The van der Waals surface area contributed by atoms with Crippen LogP contribution < -0.4 is 0 Å². The number of hydrogen-bond donors (Lipinski definition) is 17. The standard InChI is InChI=1S/C56H92O29/c1-19-7-10-56(75-17-19)20(2)31-45(85-56)37(67)32-22-6-5-21-11-26(24(61)12-55(21,4)23(22)8-9-54(31,32)3)76-50-42(72)39(69)44(30(16-60)80-50)81-53-48(47(36(66)29(15-59)79-53)83-49-40(70)33(63)25(62)18-74-49)84-52-43(73)46(35(65)28(14-58)78-52)82-51-41(71)38(68)34(64)27(13-57)77-51/h19-53,57-73H,5-18H2,1-4H3/t19-,20-,21-,22+,23+,24+,25-,26+,27-,28+,29+,30-,31-,32+,33-,34+,35+,36-,37+,38-,39-,40-,41+,42-,43+,44+,45+,46-,47+,48-,49+,50-,51+,52-,53-,54+,55+,56+/m1/s1. The van der Waals surface area contributed by atoms with Gasteiger partial charge in [0.1, 0.15) is 116 Å². The lowest BCUT2D eigenvalue weighted by molar-refractivity contribution is -0.410. The molecule has 1 spiro atoms. The number of hydrogen-bond acceptors (Lipinski definition) is 29. The van der Waals surface area contributed by atoms with Crippen LogP contribution >= 0.6 is 0 Å². The third kappa shape index (κ3) is 11.3. The quantitative estimate of drug-likeness (QED) is 0.0719. The first-order chi connectivity index (χ1) is 40.3. The Morgan fingerprint density at radius 3 is 1.67 bits per heavy atom. The number of aliphatic hydroxyl groups is 17. The van der Waals surface area contributed by atoms with Crippen LogP contribution in [0, 0.1) is 52.3 Å². The second-order valence-corrected chi connectivity index (χ2v) is 26.9. The second-order valence-electron chi connectivity index (χ2n) is 26.9. The topological polar surface area (TPSA) is 455 Å². The summed E-state index contributed by atoms with van der Waals surface area (Å²) in [5.41, 5.74) is -0.531. The normalized spacial score (nSPS) is 58.1. The van der Waals surface area contributed by atoms with Gasteiger partial charge in [0.05, 0.1) is 64.1 Å². The monoisotopic (exact) mass is 1230 g/mol. The molecule has 0 bridgehead atoms. The molecule has 7 heterocycles. The molecule has 38 atom stereocenters. The Hall–Kier alpha value is -1.16. The maximum Gasteiger partial charge on any atom is 0.187 e. The maximum atomic E-state index is 12.3. The van der Waals surface area contributed by atoms with Crippen molar-refractivity contribution in [2.75, 3.05) is 39.6 Å². The van der Waals surface area contributed by atoms with Gasteiger partial charge in [-0.2, -0.15) is 0 Å². The lowest BCUT2D eigenvalue weighted by Gasteiger charge is -2.62. The Kier molecular flexibility index (Phi) is 19.5. The Labute approximate surface area is 491 Å². The minimum Gasteiger partial charge on any atom is -0.394 e. The number of fused-ring (bicyclic) bond motifs is 7. The molecular formula is C56H92O29. The Morgan fingerprint density at radius 1 is 0.447 bits per heavy atom. The molecule has 0 aromatic heterocycles. The molecule has 85 heavy (non-hydrogen) atoms. The van der Waals surface area contributed by atoms with Gasteiger partial charge in [-0.25, -0.2) is 0 Å². The van der Waals surface area contributed by atoms with Gasteiger partial charge in [-0.1, -0.05) is 27.7 Å². The third-order valence-electron chi connectivity index (χ3n) is 22.2. The molecule has 29 nitrogen and oxygen atoms in total. The molecule has 11 fully saturated rings. The van der Waals surface area contributed by atoms with Crippen LogP contribution in [0.2, 0.25) is 0 Å². The second kappa shape index (κ2) is 25.4. The van der Waals surface area contributed by atoms with E-state index in [9.17, 15) is 86.8 Å². The zero-order chi connectivity index (χ0) is 61.1. The van der Waals surface area contributed by atoms with Crippen LogP contribution in [-0.2, 0) is 56.8 Å². The van der Waals surface area contributed by atoms with Gasteiger partial charge < -0.3 is 144 Å². The van der Waals surface area contributed by atoms with Crippen molar-refractivity contribution < 1.29 is 144 Å². The molecule has 0 unspecified atom stereocenters. The van der Waals surface area contributed by atoms with Gasteiger partial charge in [0.2, 0.25) is 0 Å². The average Bonchev–Trinajstić information content (AvgIpc) is 1.59. The first-order valence-electron chi connectivity index (χ1n) is 30.5. The molecule has 4 saturated carbocycles. The first kappa shape index (κ1) is 65.3. The van der Waals surface area contributed by atoms with E-state index >= 15 is 0 Å². The van der Waals surface area contributed by atoms with Crippen LogP contribution in [0.5, 0.6) is 0 Å². The number of rotatable bonds is 14. The largest absolute Gasteiger partial charge is 0.394 e. The number of aliphatic hydroxyl groups excluding tert-OH is 17. The fourth-order valence-corrected chi connectivity index (χ4v) is 17.4. The molecule has 0 radical (unpaired) electrons. The third-order valence-corrected chi connectivity index (χ3v) is 22.2. The van der Waals surface area contributed by atoms with Crippen molar-refractivity contribution in [3.63, 3.8) is 0 Å². The molecular weight excluding hydrogens is 1140 g/mol. The molecule has 0 aromatic rings. The van der Waals surface area contributed by atoms with Crippen molar-refractivity contribution in [3.05, 3.63) is 0 Å². The van der Waals surface area contributed by atoms with E-state index in [0.717, 1.165) is 38.5 Å². The Morgan fingerprint density at radius 2 is 1.01 bits per heavy atom. The van der Waals surface area contributed by atoms with Crippen LogP contribution in [0.1, 0.15) is 79.1 Å². The predicted molar refractivity (Wildman–Crippen MR) is 278 cm³/mol. The summed E-state index contributed by atoms with van der Waals surface area (Å²) in [6.45, 7) is 5.21. The van der Waals surface area contributed by atoms with Gasteiger partial charge in [-0.15, -0.1) is 0 Å². The van der Waals surface area contributed by atoms with E-state index in [1.807, 2.05) is 0 Å². The van der Waals surface area contributed by atoms with Crippen molar-refractivity contribution >= 4 is 0 Å². The summed E-state index contributed by atoms with van der Waals surface area (Å²) >= 11 is 0. The highest BCUT2D eigenvalue weighted by atomic mass is 16.8. The van der Waals surface area contributed by atoms with E-state index < -0.39 is 205 Å². The summed E-state index contributed by atoms with van der Waals surface area (Å²) in [5.74, 6) is 0.388. The molecule has 11 aliphatic rings. The highest BCUT2D eigenvalue weighted by Gasteiger charge is 2.73. The maximum absolute atomic E-state index is 12.3. The summed E-state index contributed by atoms with van der Waals surface area (Å²) in [5, 5.41) is 188. The molecule has 29 heteroatoms. The van der Waals surface area contributed by atoms with Crippen LogP contribution in [0.25, 0.3) is 0 Å². The predicted octanol–water partition coefficient (Wildman–Crippen LogP) is -6.50. The van der Waals surface area contributed by atoms with Crippen molar-refractivity contribution in [2.24, 2.45) is 52.3 Å². The van der Waals surface area contributed by atoms with E-state index in [0.29, 0.717) is 25.4 Å². The van der Waals surface area contributed by atoms with Crippen LogP contribution in [0.15, 0.2) is 0 Å². The van der Waals surface area contributed by atoms with Crippen molar-refractivity contribution in [3.8, 4) is 0 Å². The van der Waals surface area contributed by atoms with Gasteiger partial charge in [-0.3, -0.25) is 0 Å². The van der Waals surface area contributed by atoms with Crippen LogP contribution in [0.4, 0.5) is 0 Å². The fraction of sp³-hybridized carbons (Fsp3) is 1.00. The van der Waals surface area contributed by atoms with Crippen LogP contribution in [-0.4, -0.2) is 304 Å². The van der Waals surface area contributed by atoms with E-state index in [1.165, 1.54) is 0 Å². The zero-order valence-electron chi connectivity index (χ0n) is 48.1. The summed E-state index contributed by atoms with van der Waals surface area (Å²) in [6.07, 6.45) is -42.5. The van der Waals surface area contributed by atoms with E-state index in [4.69, 9.17) is 56.8 Å². The highest BCUT2D eigenvalue weighted by molar-refractivity contribution is 5.19. The van der Waals surface area contributed by atoms with Gasteiger partial charge in [0.15, 0.2) is 37.2 Å². The molecule has 0 amide bonds. The van der Waals surface area contributed by atoms with E-state index in [1.54, 1.807) is 0 Å². The Balaban J connectivity index is 0.797. The van der Waals surface area contributed by atoms with E-state index in [2.05, 4.69) is 27.7 Å². The number of ether oxygens (including phenoxy) is 12. The SMILES string of the molecule is C[C@@H]1CC[C@]2(OC1)O[C@@H]1[C@@H](O)[C@@H]3[C@H]4CC[C@@H]5C[C@H](O[C@@H]6O[C@H](CO)[C@H](O[C@H]7O[C@@H](CO)[C@@H](O)[C@H](O[C@@H]8OC[C@@H](O)[C@@H](O)[C@H]8O)[C@H]7O[C@H]7O[C@@H](CO)[C@H](O)[C@@H](O[C@@H]8O[C@H](CO)[C@H](O)[C@@H](O)[C@@H]8O)[C@@H]7O)[C@H](O)[C@H]6O)[C@@H](O)C[C@]5(C)[C@H]4CC[C@@]3(C)[C@@H]1[C@H]2C. The van der Waals surface area contributed by atoms with Gasteiger partial charge in [0.25, 0.3) is 0 Å². The average molecular weight is 1230 g/mol. The highest BCUT2D eigenvalue weighted by Crippen LogP contribution is 2.71. The smallest absolute Gasteiger partial charge is 0.187 e. The van der Waals surface area contributed by atoms with Gasteiger partial charge in [-0.05, 0) is 85.4 Å². The summed E-state index contributed by atoms with van der Waals surface area (Å²) in [7, 11) is 0. The summed E-state index contributed by atoms with van der Waals surface area (Å²) < 4.78 is 72.8. The van der Waals surface area contributed by atoms with Gasteiger partial charge in [0, 0.05) is 18.3 Å². The minimum atomic E-state index is -2.21. The zero-order valence-corrected chi connectivity index (χ0v) is 48.1. The fourth-order valence-electron chi connectivity index (χ4n) is 17.4. The molecule has 7 saturated heterocycles. The molecule has 7 aliphatic heterocycles. The Bertz CT molecular complexity index is 2220. The molecule has 4 aliphatic carbocycles. The van der Waals surface area contributed by atoms with Crippen molar-refractivity contribution in [1.82, 2.24) is 0 Å². The molecule has 11 rings (SSSR count). The van der Waals surface area contributed by atoms with Crippen molar-refractivity contribution in [2.45, 2.75) is 257 Å². The van der Waals surface area contributed by atoms with Crippen LogP contribution in [0.3, 0.4) is 0 Å². The summed E-state index contributed by atoms with van der Waals surface area (Å²) in [6, 6.07) is 0. The minimum absolute atomic E-state index is 0.00749. The lowest BCUT2D eigenvalue weighted by Crippen LogP contribution is -2.69. The van der Waals surface area contributed by atoms with Gasteiger partial charge >= 0.3 is 0 Å². The van der Waals surface area contributed by atoms with Crippen molar-refractivity contribution in [1.29, 1.82) is 0 Å². The molecule has 0 aromatic carbocycles. The molecule has 490 valence electrons. The van der Waals surface area contributed by atoms with E-state index in [-0.39, 0.29) is 52.4 Å². The first-order valence-corrected chi connectivity index (χ1v) is 30.5. The molecule has 17 N–H and O–H groups in total. The summed E-state index contributed by atoms with van der Waals surface area (Å²) in [4.78, 5) is 0.